The predicted molar refractivity (Wildman–Crippen MR) is 112 cm³/mol. The summed E-state index contributed by atoms with van der Waals surface area (Å²) in [6, 6.07) is 11.0. The molecule has 158 valence electrons. The van der Waals surface area contributed by atoms with Gasteiger partial charge in [-0.3, -0.25) is 10.0 Å². The molecule has 0 unspecified atom stereocenters. The number of hydrogen-bond acceptors (Lipinski definition) is 6. The fourth-order valence-electron chi connectivity index (χ4n) is 2.91. The van der Waals surface area contributed by atoms with Crippen LogP contribution in [0.3, 0.4) is 0 Å². The molecule has 0 aliphatic rings. The van der Waals surface area contributed by atoms with E-state index in [0.717, 1.165) is 0 Å². The molecule has 1 aromatic heterocycles. The van der Waals surface area contributed by atoms with Crippen LogP contribution in [0.2, 0.25) is 10.0 Å². The van der Waals surface area contributed by atoms with Gasteiger partial charge in [0.05, 0.1) is 20.5 Å². The van der Waals surface area contributed by atoms with E-state index in [0.29, 0.717) is 51.0 Å². The number of aromatic nitrogens is 1. The van der Waals surface area contributed by atoms with E-state index < -0.39 is 15.9 Å². The minimum atomic E-state index is -3.84. The van der Waals surface area contributed by atoms with Crippen LogP contribution in [-0.4, -0.2) is 24.7 Å². The quantitative estimate of drug-likeness (QED) is 0.355. The summed E-state index contributed by atoms with van der Waals surface area (Å²) < 4.78 is 28.6. The Hall–Kier alpha value is -2.43. The fraction of sp³-hybridized carbons (Fsp3) is 0.158. The van der Waals surface area contributed by atoms with Gasteiger partial charge < -0.3 is 4.52 Å². The zero-order valence-corrected chi connectivity index (χ0v) is 17.8. The number of rotatable bonds is 7. The van der Waals surface area contributed by atoms with Gasteiger partial charge in [0, 0.05) is 18.4 Å². The van der Waals surface area contributed by atoms with E-state index in [9.17, 15) is 13.2 Å². The van der Waals surface area contributed by atoms with Gasteiger partial charge in [-0.25, -0.2) is 19.0 Å². The summed E-state index contributed by atoms with van der Waals surface area (Å²) in [5, 5.41) is 18.7. The second-order valence-electron chi connectivity index (χ2n) is 6.42. The Morgan fingerprint density at radius 2 is 1.77 bits per heavy atom. The van der Waals surface area contributed by atoms with Crippen LogP contribution in [0, 0.1) is 0 Å². The van der Waals surface area contributed by atoms with Gasteiger partial charge in [-0.05, 0) is 36.2 Å². The molecule has 0 atom stereocenters. The lowest BCUT2D eigenvalue weighted by atomic mass is 9.97. The highest BCUT2D eigenvalue weighted by Gasteiger charge is 2.21. The van der Waals surface area contributed by atoms with Crippen LogP contribution in [0.25, 0.3) is 22.4 Å². The second-order valence-corrected chi connectivity index (χ2v) is 8.79. The van der Waals surface area contributed by atoms with E-state index in [2.05, 4.69) is 5.16 Å². The van der Waals surface area contributed by atoms with Gasteiger partial charge >= 0.3 is 0 Å². The molecule has 0 aliphatic carbocycles. The molecule has 30 heavy (non-hydrogen) atoms. The van der Waals surface area contributed by atoms with Gasteiger partial charge in [-0.1, -0.05) is 46.6 Å². The molecular formula is C19H17Cl2N3O5S. The van der Waals surface area contributed by atoms with Gasteiger partial charge in [-0.15, -0.1) is 0 Å². The number of hydrogen-bond donors (Lipinski definition) is 3. The molecule has 8 nitrogen and oxygen atoms in total. The molecule has 0 radical (unpaired) electrons. The van der Waals surface area contributed by atoms with Gasteiger partial charge in [0.1, 0.15) is 11.5 Å². The number of hydroxylamine groups is 1. The monoisotopic (exact) mass is 469 g/mol. The maximum atomic E-state index is 11.6. The van der Waals surface area contributed by atoms with Crippen LogP contribution < -0.4 is 10.6 Å². The van der Waals surface area contributed by atoms with E-state index in [1.165, 1.54) is 12.1 Å². The van der Waals surface area contributed by atoms with Crippen LogP contribution in [0.4, 0.5) is 0 Å². The number of amides is 1. The van der Waals surface area contributed by atoms with Crippen LogP contribution >= 0.6 is 23.2 Å². The Balaban J connectivity index is 2.05. The smallest absolute Gasteiger partial charge is 0.243 e. The van der Waals surface area contributed by atoms with Crippen molar-refractivity contribution in [3.05, 3.63) is 58.3 Å². The summed E-state index contributed by atoms with van der Waals surface area (Å²) >= 11 is 12.1. The molecule has 4 N–H and O–H groups in total. The summed E-state index contributed by atoms with van der Waals surface area (Å²) in [7, 11) is -3.84. The molecule has 0 aliphatic heterocycles. The summed E-state index contributed by atoms with van der Waals surface area (Å²) in [4.78, 5) is 11.3. The average Bonchev–Trinajstić information content (AvgIpc) is 3.13. The number of nitrogens with two attached hydrogens (primary N) is 1. The number of nitrogens with one attached hydrogen (secondary N) is 1. The number of halogens is 2. The van der Waals surface area contributed by atoms with Gasteiger partial charge in [-0.2, -0.15) is 0 Å². The first kappa shape index (κ1) is 22.3. The highest BCUT2D eigenvalue weighted by atomic mass is 35.5. The zero-order valence-electron chi connectivity index (χ0n) is 15.4. The molecule has 0 spiro atoms. The van der Waals surface area contributed by atoms with Crippen LogP contribution in [0.1, 0.15) is 18.6 Å². The van der Waals surface area contributed by atoms with Crippen molar-refractivity contribution in [2.75, 3.05) is 0 Å². The number of primary sulfonamides is 1. The molecular weight excluding hydrogens is 453 g/mol. The van der Waals surface area contributed by atoms with Gasteiger partial charge in [0.25, 0.3) is 0 Å². The van der Waals surface area contributed by atoms with E-state index in [-0.39, 0.29) is 11.3 Å². The summed E-state index contributed by atoms with van der Waals surface area (Å²) in [5.41, 5.74) is 3.98. The zero-order chi connectivity index (χ0) is 21.9. The van der Waals surface area contributed by atoms with E-state index >= 15 is 0 Å². The Morgan fingerprint density at radius 1 is 1.10 bits per heavy atom. The summed E-state index contributed by atoms with van der Waals surface area (Å²) in [6.45, 7) is 0. The van der Waals surface area contributed by atoms with Crippen molar-refractivity contribution in [3.8, 4) is 22.4 Å². The first-order valence-electron chi connectivity index (χ1n) is 8.71. The number of sulfonamides is 1. The lowest BCUT2D eigenvalue weighted by Crippen LogP contribution is -2.18. The molecule has 0 fully saturated rings. The average molecular weight is 470 g/mol. The van der Waals surface area contributed by atoms with E-state index in [4.69, 9.17) is 38.1 Å². The van der Waals surface area contributed by atoms with Gasteiger partial charge in [0.15, 0.2) is 0 Å². The van der Waals surface area contributed by atoms with Gasteiger partial charge in [0.2, 0.25) is 15.9 Å². The lowest BCUT2D eigenvalue weighted by molar-refractivity contribution is -0.129. The number of nitrogens with zero attached hydrogens (tertiary/aromatic N) is 1. The standard InChI is InChI=1S/C19H17Cl2N3O5S/c20-14-9-6-12(10-15(14)21)19-18(11-4-7-13(8-5-11)30(22,27)28)16(29-24-19)2-1-3-17(25)23-26/h4-10,26H,1-3H2,(H,23,25)(H2,22,27,28). The predicted octanol–water partition coefficient (Wildman–Crippen LogP) is 3.79. The molecule has 2 aromatic carbocycles. The minimum absolute atomic E-state index is 0.0278. The van der Waals surface area contributed by atoms with E-state index in [1.807, 2.05) is 0 Å². The molecule has 0 saturated heterocycles. The topological polar surface area (TPSA) is 136 Å². The SMILES string of the molecule is NS(=O)(=O)c1ccc(-c2c(-c3ccc(Cl)c(Cl)c3)noc2CCCC(=O)NO)cc1. The van der Waals surface area contributed by atoms with Crippen LogP contribution in [-0.2, 0) is 21.2 Å². The molecule has 11 heteroatoms. The third-order valence-corrected chi connectivity index (χ3v) is 6.03. The van der Waals surface area contributed by atoms with Crippen molar-refractivity contribution in [2.45, 2.75) is 24.2 Å². The molecule has 0 saturated carbocycles. The van der Waals surface area contributed by atoms with Crippen LogP contribution in [0.15, 0.2) is 51.9 Å². The number of carbonyl (C=O) groups excluding carboxylic acids is 1. The number of benzene rings is 2. The molecule has 3 rings (SSSR count). The Labute approximate surface area is 182 Å². The highest BCUT2D eigenvalue weighted by molar-refractivity contribution is 7.89. The first-order chi connectivity index (χ1) is 14.2. The van der Waals surface area contributed by atoms with Crippen molar-refractivity contribution in [1.29, 1.82) is 0 Å². The maximum absolute atomic E-state index is 11.6. The summed E-state index contributed by atoms with van der Waals surface area (Å²) in [5.74, 6) is -0.0246. The largest absolute Gasteiger partial charge is 0.360 e. The number of aryl methyl sites for hydroxylation is 1. The molecule has 3 aromatic rings. The molecule has 1 amide bonds. The highest BCUT2D eigenvalue weighted by Crippen LogP contribution is 2.37. The third-order valence-electron chi connectivity index (χ3n) is 4.36. The Kier molecular flexibility index (Phi) is 6.79. The van der Waals surface area contributed by atoms with E-state index in [1.54, 1.807) is 35.8 Å². The maximum Gasteiger partial charge on any atom is 0.243 e. The van der Waals surface area contributed by atoms with Crippen molar-refractivity contribution < 1.29 is 22.9 Å². The number of carbonyl (C=O) groups is 1. The van der Waals surface area contributed by atoms with Crippen molar-refractivity contribution >= 4 is 39.1 Å². The third kappa shape index (κ3) is 5.00. The first-order valence-corrected chi connectivity index (χ1v) is 11.0. The minimum Gasteiger partial charge on any atom is -0.360 e. The van der Waals surface area contributed by atoms with Crippen molar-refractivity contribution in [3.63, 3.8) is 0 Å². The molecule has 0 bridgehead atoms. The van der Waals surface area contributed by atoms with Crippen LogP contribution in [0.5, 0.6) is 0 Å². The fourth-order valence-corrected chi connectivity index (χ4v) is 3.72. The van der Waals surface area contributed by atoms with Crippen molar-refractivity contribution in [2.24, 2.45) is 5.14 Å². The van der Waals surface area contributed by atoms with Crippen molar-refractivity contribution in [1.82, 2.24) is 10.6 Å². The lowest BCUT2D eigenvalue weighted by Gasteiger charge is -2.07. The second kappa shape index (κ2) is 9.15. The Bertz CT molecular complexity index is 1180. The Morgan fingerprint density at radius 3 is 2.37 bits per heavy atom. The molecule has 1 heterocycles. The summed E-state index contributed by atoms with van der Waals surface area (Å²) in [6.07, 6.45) is 0.835. The normalized spacial score (nSPS) is 11.5.